The lowest BCUT2D eigenvalue weighted by molar-refractivity contribution is -0.139. The molecule has 5 nitrogen and oxygen atoms in total. The topological polar surface area (TPSA) is 58.6 Å². The predicted octanol–water partition coefficient (Wildman–Crippen LogP) is 2.40. The van der Waals surface area contributed by atoms with Crippen molar-refractivity contribution in [2.24, 2.45) is 0 Å². The van der Waals surface area contributed by atoms with Crippen molar-refractivity contribution in [1.29, 1.82) is 0 Å². The Balaban J connectivity index is 2.19. The monoisotopic (exact) mass is 340 g/mol. The van der Waals surface area contributed by atoms with Crippen LogP contribution in [0.25, 0.3) is 0 Å². The molecule has 0 saturated carbocycles. The van der Waals surface area contributed by atoms with Gasteiger partial charge in [0, 0.05) is 13.6 Å². The first kappa shape index (κ1) is 18.5. The van der Waals surface area contributed by atoms with E-state index in [1.54, 1.807) is 26.0 Å². The molecule has 0 fully saturated rings. The summed E-state index contributed by atoms with van der Waals surface area (Å²) in [4.78, 5) is 26.5. The molecular formula is C20H24N2O3. The summed E-state index contributed by atoms with van der Waals surface area (Å²) in [5.74, 6) is 0.485. The molecule has 0 aromatic heterocycles. The van der Waals surface area contributed by atoms with Crippen LogP contribution in [0.2, 0.25) is 0 Å². The van der Waals surface area contributed by atoms with Gasteiger partial charge in [-0.15, -0.1) is 0 Å². The van der Waals surface area contributed by atoms with Crippen molar-refractivity contribution in [3.63, 3.8) is 0 Å². The summed E-state index contributed by atoms with van der Waals surface area (Å²) >= 11 is 0. The molecule has 0 aliphatic heterocycles. The van der Waals surface area contributed by atoms with Gasteiger partial charge < -0.3 is 15.0 Å². The Kier molecular flexibility index (Phi) is 6.57. The van der Waals surface area contributed by atoms with Crippen LogP contribution in [0.1, 0.15) is 18.1 Å². The molecule has 0 unspecified atom stereocenters. The van der Waals surface area contributed by atoms with Crippen molar-refractivity contribution < 1.29 is 14.3 Å². The van der Waals surface area contributed by atoms with Crippen molar-refractivity contribution in [1.82, 2.24) is 10.2 Å². The third-order valence-electron chi connectivity index (χ3n) is 4.12. The number of carbonyl (C=O) groups is 2. The van der Waals surface area contributed by atoms with E-state index in [1.165, 1.54) is 0 Å². The maximum absolute atomic E-state index is 12.8. The Morgan fingerprint density at radius 2 is 1.68 bits per heavy atom. The van der Waals surface area contributed by atoms with Crippen molar-refractivity contribution in [2.75, 3.05) is 14.2 Å². The second kappa shape index (κ2) is 8.87. The fourth-order valence-electron chi connectivity index (χ4n) is 2.59. The Labute approximate surface area is 148 Å². The number of nitrogens with zero attached hydrogens (tertiary/aromatic N) is 1. The van der Waals surface area contributed by atoms with Gasteiger partial charge in [0.05, 0.1) is 13.5 Å². The van der Waals surface area contributed by atoms with Crippen LogP contribution < -0.4 is 10.1 Å². The fraction of sp³-hybridized carbons (Fsp3) is 0.300. The van der Waals surface area contributed by atoms with Crippen molar-refractivity contribution in [3.05, 3.63) is 65.7 Å². The van der Waals surface area contributed by atoms with Crippen LogP contribution in [0, 0.1) is 0 Å². The lowest BCUT2D eigenvalue weighted by Crippen LogP contribution is -2.47. The van der Waals surface area contributed by atoms with Crippen molar-refractivity contribution in [2.45, 2.75) is 25.9 Å². The minimum Gasteiger partial charge on any atom is -0.497 e. The van der Waals surface area contributed by atoms with Gasteiger partial charge >= 0.3 is 0 Å². The minimum atomic E-state index is -0.552. The number of ether oxygens (including phenoxy) is 1. The second-order valence-electron chi connectivity index (χ2n) is 5.82. The Morgan fingerprint density at radius 1 is 1.04 bits per heavy atom. The van der Waals surface area contributed by atoms with E-state index in [9.17, 15) is 9.59 Å². The lowest BCUT2D eigenvalue weighted by Gasteiger charge is -2.28. The molecule has 2 amide bonds. The van der Waals surface area contributed by atoms with Gasteiger partial charge in [0.1, 0.15) is 11.8 Å². The summed E-state index contributed by atoms with van der Waals surface area (Å²) in [6.07, 6.45) is 0.262. The molecule has 1 N–H and O–H groups in total. The molecule has 1 atom stereocenters. The highest BCUT2D eigenvalue weighted by molar-refractivity contribution is 5.88. The molecule has 0 saturated heterocycles. The van der Waals surface area contributed by atoms with Gasteiger partial charge in [-0.1, -0.05) is 42.5 Å². The van der Waals surface area contributed by atoms with Gasteiger partial charge in [0.2, 0.25) is 11.8 Å². The molecule has 0 aliphatic carbocycles. The number of likely N-dealkylation sites (N-methyl/N-ethyl adjacent to an activating group) is 1. The molecule has 0 heterocycles. The normalized spacial score (nSPS) is 11.5. The number of methoxy groups -OCH3 is 1. The number of carbonyl (C=O) groups excluding carboxylic acids is 2. The molecule has 25 heavy (non-hydrogen) atoms. The van der Waals surface area contributed by atoms with E-state index in [4.69, 9.17) is 4.74 Å². The molecule has 2 rings (SSSR count). The summed E-state index contributed by atoms with van der Waals surface area (Å²) in [5.41, 5.74) is 1.87. The molecule has 2 aromatic rings. The predicted molar refractivity (Wildman–Crippen MR) is 97.2 cm³/mol. The van der Waals surface area contributed by atoms with E-state index in [1.807, 2.05) is 54.6 Å². The molecule has 0 radical (unpaired) electrons. The van der Waals surface area contributed by atoms with Crippen molar-refractivity contribution >= 4 is 11.8 Å². The third kappa shape index (κ3) is 5.08. The first-order chi connectivity index (χ1) is 12.0. The van der Waals surface area contributed by atoms with Gasteiger partial charge in [-0.2, -0.15) is 0 Å². The molecule has 2 aromatic carbocycles. The summed E-state index contributed by atoms with van der Waals surface area (Å²) in [6.45, 7) is 2.11. The summed E-state index contributed by atoms with van der Waals surface area (Å²) in [7, 11) is 3.18. The molecule has 5 heteroatoms. The summed E-state index contributed by atoms with van der Waals surface area (Å²) < 4.78 is 5.16. The van der Waals surface area contributed by atoms with E-state index in [-0.39, 0.29) is 18.2 Å². The number of rotatable bonds is 7. The van der Waals surface area contributed by atoms with E-state index >= 15 is 0 Å². The van der Waals surface area contributed by atoms with E-state index in [2.05, 4.69) is 5.32 Å². The maximum atomic E-state index is 12.8. The average molecular weight is 340 g/mol. The standard InChI is InChI=1S/C20H24N2O3/c1-15(20(24)21-2)22(14-17-9-11-18(25-3)12-10-17)19(23)13-16-7-5-4-6-8-16/h4-12,15H,13-14H2,1-3H3,(H,21,24)/t15-/m0/s1. The van der Waals surface area contributed by atoms with Crippen molar-refractivity contribution in [3.8, 4) is 5.75 Å². The zero-order valence-corrected chi connectivity index (χ0v) is 14.9. The summed E-state index contributed by atoms with van der Waals surface area (Å²) in [5, 5.41) is 2.62. The Bertz CT molecular complexity index is 699. The number of benzene rings is 2. The zero-order valence-electron chi connectivity index (χ0n) is 14.9. The minimum absolute atomic E-state index is 0.0851. The van der Waals surface area contributed by atoms with Crippen LogP contribution in [0.4, 0.5) is 0 Å². The van der Waals surface area contributed by atoms with Crippen LogP contribution >= 0.6 is 0 Å². The lowest BCUT2D eigenvalue weighted by atomic mass is 10.1. The Morgan fingerprint density at radius 3 is 2.24 bits per heavy atom. The molecule has 132 valence electrons. The van der Waals surface area contributed by atoms with Gasteiger partial charge in [-0.3, -0.25) is 9.59 Å². The largest absolute Gasteiger partial charge is 0.497 e. The quantitative estimate of drug-likeness (QED) is 0.842. The number of hydrogen-bond acceptors (Lipinski definition) is 3. The SMILES string of the molecule is CNC(=O)[C@H](C)N(Cc1ccc(OC)cc1)C(=O)Cc1ccccc1. The van der Waals surface area contributed by atoms with E-state index < -0.39 is 6.04 Å². The van der Waals surface area contributed by atoms with Gasteiger partial charge in [0.25, 0.3) is 0 Å². The van der Waals surface area contributed by atoms with Crippen LogP contribution in [-0.2, 0) is 22.6 Å². The molecule has 0 spiro atoms. The highest BCUT2D eigenvalue weighted by atomic mass is 16.5. The molecule has 0 bridgehead atoms. The average Bonchev–Trinajstić information content (AvgIpc) is 2.66. The fourth-order valence-corrected chi connectivity index (χ4v) is 2.59. The molecule has 0 aliphatic rings. The second-order valence-corrected chi connectivity index (χ2v) is 5.82. The van der Waals surface area contributed by atoms with Gasteiger partial charge in [0.15, 0.2) is 0 Å². The summed E-state index contributed by atoms with van der Waals surface area (Å²) in [6, 6.07) is 16.5. The number of nitrogens with one attached hydrogen (secondary N) is 1. The van der Waals surface area contributed by atoms with Gasteiger partial charge in [-0.25, -0.2) is 0 Å². The van der Waals surface area contributed by atoms with Gasteiger partial charge in [-0.05, 0) is 30.2 Å². The van der Waals surface area contributed by atoms with E-state index in [0.29, 0.717) is 6.54 Å². The van der Waals surface area contributed by atoms with E-state index in [0.717, 1.165) is 16.9 Å². The first-order valence-electron chi connectivity index (χ1n) is 8.23. The highest BCUT2D eigenvalue weighted by Crippen LogP contribution is 2.16. The Hall–Kier alpha value is -2.82. The highest BCUT2D eigenvalue weighted by Gasteiger charge is 2.25. The molecular weight excluding hydrogens is 316 g/mol. The third-order valence-corrected chi connectivity index (χ3v) is 4.12. The zero-order chi connectivity index (χ0) is 18.2. The van der Waals surface area contributed by atoms with Crippen LogP contribution in [0.5, 0.6) is 5.75 Å². The van der Waals surface area contributed by atoms with Crippen LogP contribution in [0.15, 0.2) is 54.6 Å². The van der Waals surface area contributed by atoms with Crippen LogP contribution in [0.3, 0.4) is 0 Å². The number of hydrogen-bond donors (Lipinski definition) is 1. The maximum Gasteiger partial charge on any atom is 0.242 e. The van der Waals surface area contributed by atoms with Crippen LogP contribution in [-0.4, -0.2) is 36.9 Å². The smallest absolute Gasteiger partial charge is 0.242 e. The number of amides is 2. The first-order valence-corrected chi connectivity index (χ1v) is 8.23.